The Balaban J connectivity index is 1.98. The molecular formula is C13H15BrN2O3S. The first-order valence-corrected chi connectivity index (χ1v) is 8.17. The number of nitrogens with one attached hydrogen (secondary N) is 2. The summed E-state index contributed by atoms with van der Waals surface area (Å²) in [5, 5.41) is 14.5. The number of anilines is 1. The molecule has 0 saturated carbocycles. The summed E-state index contributed by atoms with van der Waals surface area (Å²) in [6, 6.07) is 4.38. The second kappa shape index (κ2) is 6.99. The highest BCUT2D eigenvalue weighted by atomic mass is 79.9. The third kappa shape index (κ3) is 3.89. The monoisotopic (exact) mass is 358 g/mol. The molecule has 1 unspecified atom stereocenters. The molecule has 1 saturated heterocycles. The summed E-state index contributed by atoms with van der Waals surface area (Å²) in [5.41, 5.74) is 0.337. The lowest BCUT2D eigenvalue weighted by Crippen LogP contribution is -2.33. The number of halogens is 1. The van der Waals surface area contributed by atoms with Crippen molar-refractivity contribution in [2.45, 2.75) is 6.42 Å². The summed E-state index contributed by atoms with van der Waals surface area (Å²) in [7, 11) is 0. The summed E-state index contributed by atoms with van der Waals surface area (Å²) >= 11 is 5.14. The first-order chi connectivity index (χ1) is 9.58. The maximum absolute atomic E-state index is 11.9. The van der Waals surface area contributed by atoms with Crippen molar-refractivity contribution in [1.29, 1.82) is 0 Å². The van der Waals surface area contributed by atoms with Gasteiger partial charge >= 0.3 is 12.0 Å². The molecule has 20 heavy (non-hydrogen) atoms. The molecular weight excluding hydrogens is 344 g/mol. The molecule has 0 radical (unpaired) electrons. The van der Waals surface area contributed by atoms with Crippen molar-refractivity contribution in [2.24, 2.45) is 5.92 Å². The third-order valence-electron chi connectivity index (χ3n) is 3.06. The lowest BCUT2D eigenvalue weighted by atomic mass is 10.1. The van der Waals surface area contributed by atoms with Gasteiger partial charge in [-0.1, -0.05) is 6.07 Å². The van der Waals surface area contributed by atoms with E-state index in [1.807, 2.05) is 11.8 Å². The van der Waals surface area contributed by atoms with Gasteiger partial charge in [-0.25, -0.2) is 9.59 Å². The summed E-state index contributed by atoms with van der Waals surface area (Å²) < 4.78 is 0.545. The highest BCUT2D eigenvalue weighted by Crippen LogP contribution is 2.26. The molecule has 5 nitrogen and oxygen atoms in total. The van der Waals surface area contributed by atoms with Crippen molar-refractivity contribution in [2.75, 3.05) is 23.4 Å². The average Bonchev–Trinajstić information content (AvgIpc) is 2.91. The van der Waals surface area contributed by atoms with Crippen LogP contribution in [0.3, 0.4) is 0 Å². The van der Waals surface area contributed by atoms with Gasteiger partial charge in [0.25, 0.3) is 0 Å². The van der Waals surface area contributed by atoms with Crippen molar-refractivity contribution in [1.82, 2.24) is 5.32 Å². The maximum atomic E-state index is 11.9. The second-order valence-electron chi connectivity index (χ2n) is 4.53. The van der Waals surface area contributed by atoms with Crippen LogP contribution in [0.5, 0.6) is 0 Å². The van der Waals surface area contributed by atoms with Gasteiger partial charge in [0.05, 0.1) is 11.3 Å². The fourth-order valence-electron chi connectivity index (χ4n) is 1.97. The Bertz CT molecular complexity index is 518. The van der Waals surface area contributed by atoms with Gasteiger partial charge in [-0.15, -0.1) is 0 Å². The zero-order valence-corrected chi connectivity index (χ0v) is 13.1. The molecule has 0 aromatic heterocycles. The molecule has 7 heteroatoms. The van der Waals surface area contributed by atoms with Crippen molar-refractivity contribution < 1.29 is 14.7 Å². The number of amides is 2. The van der Waals surface area contributed by atoms with E-state index in [0.29, 0.717) is 16.9 Å². The lowest BCUT2D eigenvalue weighted by Gasteiger charge is -2.13. The van der Waals surface area contributed by atoms with Gasteiger partial charge in [0.2, 0.25) is 0 Å². The number of hydrogen-bond acceptors (Lipinski definition) is 3. The van der Waals surface area contributed by atoms with E-state index in [9.17, 15) is 9.59 Å². The smallest absolute Gasteiger partial charge is 0.337 e. The van der Waals surface area contributed by atoms with Crippen molar-refractivity contribution in [3.63, 3.8) is 0 Å². The molecule has 2 amide bonds. The number of para-hydroxylation sites is 1. The van der Waals surface area contributed by atoms with Gasteiger partial charge in [0.15, 0.2) is 0 Å². The van der Waals surface area contributed by atoms with E-state index in [1.54, 1.807) is 12.1 Å². The highest BCUT2D eigenvalue weighted by molar-refractivity contribution is 9.10. The van der Waals surface area contributed by atoms with Crippen LogP contribution in [0.25, 0.3) is 0 Å². The molecule has 2 rings (SSSR count). The maximum Gasteiger partial charge on any atom is 0.337 e. The minimum Gasteiger partial charge on any atom is -0.478 e. The standard InChI is InChI=1S/C13H15BrN2O3S/c14-10-3-1-2-9(12(17)18)11(10)16-13(19)15-6-8-4-5-20-7-8/h1-3,8H,4-7H2,(H,17,18)(H2,15,16,19). The first-order valence-electron chi connectivity index (χ1n) is 6.22. The fourth-order valence-corrected chi connectivity index (χ4v) is 3.72. The van der Waals surface area contributed by atoms with Crippen LogP contribution in [-0.2, 0) is 0 Å². The number of thioether (sulfide) groups is 1. The van der Waals surface area contributed by atoms with Gasteiger partial charge in [0.1, 0.15) is 0 Å². The zero-order valence-electron chi connectivity index (χ0n) is 10.7. The van der Waals surface area contributed by atoms with Gasteiger partial charge < -0.3 is 15.7 Å². The molecule has 1 aromatic rings. The van der Waals surface area contributed by atoms with Crippen molar-refractivity contribution in [3.05, 3.63) is 28.2 Å². The molecule has 3 N–H and O–H groups in total. The third-order valence-corrected chi connectivity index (χ3v) is 4.95. The highest BCUT2D eigenvalue weighted by Gasteiger charge is 2.18. The summed E-state index contributed by atoms with van der Waals surface area (Å²) in [4.78, 5) is 23.0. The number of benzene rings is 1. The molecule has 1 heterocycles. The number of carboxylic acids is 1. The Kier molecular flexibility index (Phi) is 5.31. The van der Waals surface area contributed by atoms with E-state index in [4.69, 9.17) is 5.11 Å². The molecule has 1 aliphatic heterocycles. The van der Waals surface area contributed by atoms with Crippen LogP contribution < -0.4 is 10.6 Å². The number of rotatable bonds is 4. The van der Waals surface area contributed by atoms with E-state index in [2.05, 4.69) is 26.6 Å². The predicted octanol–water partition coefficient (Wildman–Crippen LogP) is 3.02. The summed E-state index contributed by atoms with van der Waals surface area (Å²) in [5.74, 6) is 1.63. The minimum atomic E-state index is -1.08. The van der Waals surface area contributed by atoms with E-state index >= 15 is 0 Å². The van der Waals surface area contributed by atoms with Crippen LogP contribution in [0.15, 0.2) is 22.7 Å². The van der Waals surface area contributed by atoms with Crippen LogP contribution >= 0.6 is 27.7 Å². The largest absolute Gasteiger partial charge is 0.478 e. The van der Waals surface area contributed by atoms with E-state index in [0.717, 1.165) is 17.9 Å². The topological polar surface area (TPSA) is 78.4 Å². The fraction of sp³-hybridized carbons (Fsp3) is 0.385. The van der Waals surface area contributed by atoms with Gasteiger partial charge in [-0.2, -0.15) is 11.8 Å². The number of hydrogen-bond donors (Lipinski definition) is 3. The zero-order chi connectivity index (χ0) is 14.5. The van der Waals surface area contributed by atoms with Crippen molar-refractivity contribution >= 4 is 45.4 Å². The number of urea groups is 1. The van der Waals surface area contributed by atoms with Crippen LogP contribution in [0.4, 0.5) is 10.5 Å². The Morgan fingerprint density at radius 3 is 2.90 bits per heavy atom. The summed E-state index contributed by atoms with van der Waals surface area (Å²) in [6.45, 7) is 0.617. The SMILES string of the molecule is O=C(NCC1CCSC1)Nc1c(Br)cccc1C(=O)O. The Hall–Kier alpha value is -1.21. The van der Waals surface area contributed by atoms with E-state index in [1.165, 1.54) is 6.07 Å². The number of carboxylic acid groups (broad SMARTS) is 1. The van der Waals surface area contributed by atoms with Gasteiger partial charge in [0, 0.05) is 11.0 Å². The molecule has 1 aromatic carbocycles. The molecule has 0 bridgehead atoms. The lowest BCUT2D eigenvalue weighted by molar-refractivity contribution is 0.0698. The van der Waals surface area contributed by atoms with Crippen LogP contribution in [0.1, 0.15) is 16.8 Å². The van der Waals surface area contributed by atoms with E-state index < -0.39 is 5.97 Å². The van der Waals surface area contributed by atoms with Gasteiger partial charge in [-0.3, -0.25) is 0 Å². The van der Waals surface area contributed by atoms with E-state index in [-0.39, 0.29) is 17.3 Å². The van der Waals surface area contributed by atoms with Crippen LogP contribution in [-0.4, -0.2) is 35.2 Å². The Morgan fingerprint density at radius 2 is 2.25 bits per heavy atom. The molecule has 108 valence electrons. The Morgan fingerprint density at radius 1 is 1.45 bits per heavy atom. The number of carbonyl (C=O) groups excluding carboxylic acids is 1. The Labute approximate surface area is 129 Å². The number of carbonyl (C=O) groups is 2. The molecule has 1 aliphatic rings. The molecule has 1 atom stereocenters. The average molecular weight is 359 g/mol. The summed E-state index contributed by atoms with van der Waals surface area (Å²) in [6.07, 6.45) is 1.11. The first kappa shape index (κ1) is 15.2. The van der Waals surface area contributed by atoms with Crippen molar-refractivity contribution in [3.8, 4) is 0 Å². The minimum absolute atomic E-state index is 0.0611. The second-order valence-corrected chi connectivity index (χ2v) is 6.54. The molecule has 1 fully saturated rings. The number of aromatic carboxylic acids is 1. The molecule has 0 aliphatic carbocycles. The normalized spacial score (nSPS) is 17.8. The quantitative estimate of drug-likeness (QED) is 0.772. The predicted molar refractivity (Wildman–Crippen MR) is 83.6 cm³/mol. The van der Waals surface area contributed by atoms with Crippen LogP contribution in [0, 0.1) is 5.92 Å². The van der Waals surface area contributed by atoms with Crippen LogP contribution in [0.2, 0.25) is 0 Å². The van der Waals surface area contributed by atoms with Gasteiger partial charge in [-0.05, 0) is 51.9 Å². The molecule has 0 spiro atoms.